The summed E-state index contributed by atoms with van der Waals surface area (Å²) in [6.07, 6.45) is 0.664. The first-order valence-corrected chi connectivity index (χ1v) is 4.51. The summed E-state index contributed by atoms with van der Waals surface area (Å²) in [5, 5.41) is 7.67. The molecule has 0 amide bonds. The number of rotatable bonds is 3. The van der Waals surface area contributed by atoms with Crippen LogP contribution < -0.4 is 4.74 Å². The summed E-state index contributed by atoms with van der Waals surface area (Å²) in [5.74, 6) is 1.46. The van der Waals surface area contributed by atoms with E-state index in [-0.39, 0.29) is 0 Å². The topological polar surface area (TPSA) is 36.3 Å². The van der Waals surface area contributed by atoms with Gasteiger partial charge < -0.3 is 9.64 Å². The van der Waals surface area contributed by atoms with Gasteiger partial charge in [-0.15, -0.1) is 0 Å². The van der Waals surface area contributed by atoms with Crippen LogP contribution in [0.15, 0.2) is 24.3 Å². The molecular formula is C11H16N2O. The maximum atomic E-state index is 7.67. The third-order valence-corrected chi connectivity index (χ3v) is 2.07. The second-order valence-electron chi connectivity index (χ2n) is 3.37. The maximum absolute atomic E-state index is 7.67. The number of nitrogens with one attached hydrogen (secondary N) is 1. The lowest BCUT2D eigenvalue weighted by molar-refractivity contribution is 0.414. The summed E-state index contributed by atoms with van der Waals surface area (Å²) in [4.78, 5) is 1.81. The van der Waals surface area contributed by atoms with Crippen molar-refractivity contribution in [2.75, 3.05) is 21.2 Å². The molecule has 1 aromatic rings. The van der Waals surface area contributed by atoms with Crippen LogP contribution in [0.1, 0.15) is 5.56 Å². The summed E-state index contributed by atoms with van der Waals surface area (Å²) in [7, 11) is 5.41. The smallest absolute Gasteiger partial charge is 0.118 e. The molecule has 0 aliphatic rings. The van der Waals surface area contributed by atoms with E-state index in [1.807, 2.05) is 43.3 Å². The number of likely N-dealkylation sites (N-methyl/N-ethyl adjacent to an activating group) is 1. The molecule has 1 rings (SSSR count). The minimum absolute atomic E-state index is 0.607. The van der Waals surface area contributed by atoms with Gasteiger partial charge in [0.2, 0.25) is 0 Å². The van der Waals surface area contributed by atoms with E-state index < -0.39 is 0 Å². The van der Waals surface area contributed by atoms with E-state index in [2.05, 4.69) is 0 Å². The number of amidine groups is 1. The van der Waals surface area contributed by atoms with Gasteiger partial charge in [-0.3, -0.25) is 5.41 Å². The van der Waals surface area contributed by atoms with Crippen LogP contribution in [0, 0.1) is 5.41 Å². The standard InChI is InChI=1S/C11H16N2O/c1-13(2)11(12)8-9-4-6-10(14-3)7-5-9/h4-7,12H,8H2,1-3H3. The molecule has 0 spiro atoms. The molecule has 3 nitrogen and oxygen atoms in total. The van der Waals surface area contributed by atoms with E-state index >= 15 is 0 Å². The molecule has 0 atom stereocenters. The highest BCUT2D eigenvalue weighted by Crippen LogP contribution is 2.11. The van der Waals surface area contributed by atoms with Crippen molar-refractivity contribution < 1.29 is 4.74 Å². The van der Waals surface area contributed by atoms with Gasteiger partial charge in [0.15, 0.2) is 0 Å². The molecule has 0 fully saturated rings. The fraction of sp³-hybridized carbons (Fsp3) is 0.364. The first-order chi connectivity index (χ1) is 6.63. The minimum atomic E-state index is 0.607. The van der Waals surface area contributed by atoms with Crippen molar-refractivity contribution in [1.29, 1.82) is 5.41 Å². The molecule has 14 heavy (non-hydrogen) atoms. The number of hydrogen-bond donors (Lipinski definition) is 1. The van der Waals surface area contributed by atoms with Crippen LogP contribution in [0.4, 0.5) is 0 Å². The first kappa shape index (κ1) is 10.6. The number of methoxy groups -OCH3 is 1. The molecular weight excluding hydrogens is 176 g/mol. The fourth-order valence-corrected chi connectivity index (χ4v) is 1.09. The SMILES string of the molecule is COc1ccc(CC(=N)N(C)C)cc1. The van der Waals surface area contributed by atoms with Crippen LogP contribution in [0.25, 0.3) is 0 Å². The van der Waals surface area contributed by atoms with E-state index in [4.69, 9.17) is 10.1 Å². The van der Waals surface area contributed by atoms with Crippen molar-refractivity contribution in [3.8, 4) is 5.75 Å². The molecule has 76 valence electrons. The quantitative estimate of drug-likeness (QED) is 0.585. The molecule has 0 saturated carbocycles. The maximum Gasteiger partial charge on any atom is 0.118 e. The van der Waals surface area contributed by atoms with Gasteiger partial charge in [-0.25, -0.2) is 0 Å². The van der Waals surface area contributed by atoms with Gasteiger partial charge in [-0.2, -0.15) is 0 Å². The summed E-state index contributed by atoms with van der Waals surface area (Å²) in [5.41, 5.74) is 1.13. The number of ether oxygens (including phenoxy) is 1. The molecule has 0 unspecified atom stereocenters. The van der Waals surface area contributed by atoms with Gasteiger partial charge in [0.1, 0.15) is 5.75 Å². The van der Waals surface area contributed by atoms with E-state index in [1.165, 1.54) is 0 Å². The monoisotopic (exact) mass is 192 g/mol. The van der Waals surface area contributed by atoms with Crippen molar-refractivity contribution in [2.45, 2.75) is 6.42 Å². The summed E-state index contributed by atoms with van der Waals surface area (Å²) >= 11 is 0. The lowest BCUT2D eigenvalue weighted by Gasteiger charge is -2.13. The zero-order chi connectivity index (χ0) is 10.6. The Morgan fingerprint density at radius 1 is 1.29 bits per heavy atom. The molecule has 1 N–H and O–H groups in total. The molecule has 0 heterocycles. The highest BCUT2D eigenvalue weighted by molar-refractivity contribution is 5.80. The average molecular weight is 192 g/mol. The van der Waals surface area contributed by atoms with Crippen molar-refractivity contribution in [1.82, 2.24) is 4.90 Å². The van der Waals surface area contributed by atoms with Crippen molar-refractivity contribution in [2.24, 2.45) is 0 Å². The van der Waals surface area contributed by atoms with Crippen molar-refractivity contribution in [3.63, 3.8) is 0 Å². The van der Waals surface area contributed by atoms with Gasteiger partial charge in [0.05, 0.1) is 12.9 Å². The van der Waals surface area contributed by atoms with Gasteiger partial charge in [0.25, 0.3) is 0 Å². The van der Waals surface area contributed by atoms with Crippen molar-refractivity contribution >= 4 is 5.84 Å². The van der Waals surface area contributed by atoms with E-state index in [0.717, 1.165) is 11.3 Å². The van der Waals surface area contributed by atoms with E-state index in [1.54, 1.807) is 7.11 Å². The highest BCUT2D eigenvalue weighted by atomic mass is 16.5. The van der Waals surface area contributed by atoms with Gasteiger partial charge >= 0.3 is 0 Å². The average Bonchev–Trinajstić information content (AvgIpc) is 2.19. The Kier molecular flexibility index (Phi) is 3.51. The molecule has 0 bridgehead atoms. The van der Waals surface area contributed by atoms with Gasteiger partial charge in [-0.05, 0) is 17.7 Å². The summed E-state index contributed by atoms with van der Waals surface area (Å²) in [6.45, 7) is 0. The number of hydrogen-bond acceptors (Lipinski definition) is 2. The van der Waals surface area contributed by atoms with Crippen LogP contribution in [-0.4, -0.2) is 31.9 Å². The zero-order valence-electron chi connectivity index (χ0n) is 8.87. The normalized spacial score (nSPS) is 9.64. The molecule has 0 aromatic heterocycles. The van der Waals surface area contributed by atoms with Crippen molar-refractivity contribution in [3.05, 3.63) is 29.8 Å². The second kappa shape index (κ2) is 4.65. The van der Waals surface area contributed by atoms with Gasteiger partial charge in [-0.1, -0.05) is 12.1 Å². The predicted octanol–water partition coefficient (Wildman–Crippen LogP) is 1.78. The Labute approximate surface area is 84.8 Å². The second-order valence-corrected chi connectivity index (χ2v) is 3.37. The van der Waals surface area contributed by atoms with E-state index in [0.29, 0.717) is 12.3 Å². The van der Waals surface area contributed by atoms with Crippen LogP contribution in [0.2, 0.25) is 0 Å². The van der Waals surface area contributed by atoms with Crippen LogP contribution in [-0.2, 0) is 6.42 Å². The molecule has 0 saturated heterocycles. The molecule has 3 heteroatoms. The predicted molar refractivity (Wildman–Crippen MR) is 58.1 cm³/mol. The Morgan fingerprint density at radius 3 is 2.29 bits per heavy atom. The zero-order valence-corrected chi connectivity index (χ0v) is 8.87. The third-order valence-electron chi connectivity index (χ3n) is 2.07. The third kappa shape index (κ3) is 2.76. The largest absolute Gasteiger partial charge is 0.497 e. The minimum Gasteiger partial charge on any atom is -0.497 e. The van der Waals surface area contributed by atoms with Gasteiger partial charge in [0, 0.05) is 20.5 Å². The Morgan fingerprint density at radius 2 is 1.86 bits per heavy atom. The summed E-state index contributed by atoms with van der Waals surface area (Å²) in [6, 6.07) is 7.80. The van der Waals surface area contributed by atoms with Crippen LogP contribution >= 0.6 is 0 Å². The fourth-order valence-electron chi connectivity index (χ4n) is 1.09. The molecule has 0 radical (unpaired) electrons. The number of benzene rings is 1. The Balaban J connectivity index is 2.64. The highest BCUT2D eigenvalue weighted by Gasteiger charge is 2.01. The Hall–Kier alpha value is -1.51. The molecule has 0 aliphatic heterocycles. The molecule has 1 aromatic carbocycles. The lowest BCUT2D eigenvalue weighted by Crippen LogP contribution is -2.22. The number of nitrogens with zero attached hydrogens (tertiary/aromatic N) is 1. The van der Waals surface area contributed by atoms with E-state index in [9.17, 15) is 0 Å². The van der Waals surface area contributed by atoms with Crippen LogP contribution in [0.3, 0.4) is 0 Å². The summed E-state index contributed by atoms with van der Waals surface area (Å²) < 4.78 is 5.06. The first-order valence-electron chi connectivity index (χ1n) is 4.51. The molecule has 0 aliphatic carbocycles. The Bertz CT molecular complexity index is 304. The van der Waals surface area contributed by atoms with Crippen LogP contribution in [0.5, 0.6) is 5.75 Å². The lowest BCUT2D eigenvalue weighted by atomic mass is 10.1.